The van der Waals surface area contributed by atoms with Crippen LogP contribution in [0.3, 0.4) is 0 Å². The minimum atomic E-state index is -0.0634. The van der Waals surface area contributed by atoms with E-state index in [0.717, 1.165) is 16.7 Å². The van der Waals surface area contributed by atoms with Crippen LogP contribution < -0.4 is 9.47 Å². The molecule has 2 aromatic rings. The number of carbonyl (C=O) groups excluding carboxylic acids is 1. The smallest absolute Gasteiger partial charge is 0.231 e. The molecule has 0 amide bonds. The molecule has 0 aliphatic carbocycles. The normalized spacial score (nSPS) is 12.6. The van der Waals surface area contributed by atoms with Gasteiger partial charge in [0.1, 0.15) is 18.1 Å². The van der Waals surface area contributed by atoms with Gasteiger partial charge in [-0.2, -0.15) is 0 Å². The number of ether oxygens (including phenoxy) is 2. The zero-order chi connectivity index (χ0) is 16.4. The van der Waals surface area contributed by atoms with Crippen LogP contribution in [0.4, 0.5) is 0 Å². The van der Waals surface area contributed by atoms with Crippen molar-refractivity contribution in [1.82, 2.24) is 0 Å². The molecule has 0 spiro atoms. The lowest BCUT2D eigenvalue weighted by atomic mass is 10.1. The van der Waals surface area contributed by atoms with E-state index >= 15 is 0 Å². The number of fused-ring (bicyclic) bond motifs is 1. The Bertz CT molecular complexity index is 794. The highest BCUT2D eigenvalue weighted by molar-refractivity contribution is 6.12. The maximum Gasteiger partial charge on any atom is 0.231 e. The second-order valence-electron chi connectivity index (χ2n) is 5.65. The van der Waals surface area contributed by atoms with Crippen molar-refractivity contribution in [3.05, 3.63) is 77.1 Å². The summed E-state index contributed by atoms with van der Waals surface area (Å²) >= 11 is 0. The van der Waals surface area contributed by atoms with E-state index < -0.39 is 0 Å². The van der Waals surface area contributed by atoms with Gasteiger partial charge < -0.3 is 9.47 Å². The third-order valence-electron chi connectivity index (χ3n) is 3.69. The minimum Gasteiger partial charge on any atom is -0.489 e. The highest BCUT2D eigenvalue weighted by Crippen LogP contribution is 2.35. The van der Waals surface area contributed by atoms with Gasteiger partial charge in [-0.15, -0.1) is 0 Å². The fourth-order valence-electron chi connectivity index (χ4n) is 2.39. The molecule has 0 N–H and O–H groups in total. The average molecular weight is 306 g/mol. The van der Waals surface area contributed by atoms with Gasteiger partial charge in [-0.05, 0) is 42.7 Å². The molecule has 1 heterocycles. The molecule has 0 fully saturated rings. The molecule has 3 nitrogen and oxygen atoms in total. The third kappa shape index (κ3) is 3.04. The van der Waals surface area contributed by atoms with E-state index in [9.17, 15) is 4.79 Å². The number of allylic oxidation sites excluding steroid dienone is 2. The number of Topliss-reactive ketones (excluding diaryl/α,β-unsaturated/α-hetero) is 1. The number of ketones is 1. The standard InChI is InChI=1S/C20H18O3/c1-4-14-5-7-15(8-6-14)12-22-16-9-10-17-18(11-16)23-20(13(2)3)19(17)21/h4-11H,1,12H2,2-3H3. The number of hydrogen-bond donors (Lipinski definition) is 0. The third-order valence-corrected chi connectivity index (χ3v) is 3.69. The molecule has 2 aromatic carbocycles. The zero-order valence-electron chi connectivity index (χ0n) is 13.3. The van der Waals surface area contributed by atoms with E-state index in [0.29, 0.717) is 29.4 Å². The number of rotatable bonds is 4. The van der Waals surface area contributed by atoms with Crippen molar-refractivity contribution in [3.8, 4) is 11.5 Å². The second-order valence-corrected chi connectivity index (χ2v) is 5.65. The Hall–Kier alpha value is -2.81. The summed E-state index contributed by atoms with van der Waals surface area (Å²) in [6, 6.07) is 13.3. The van der Waals surface area contributed by atoms with Gasteiger partial charge >= 0.3 is 0 Å². The van der Waals surface area contributed by atoms with Gasteiger partial charge in [-0.25, -0.2) is 0 Å². The van der Waals surface area contributed by atoms with Crippen molar-refractivity contribution in [2.75, 3.05) is 0 Å². The molecular formula is C20H18O3. The van der Waals surface area contributed by atoms with Crippen LogP contribution in [0.25, 0.3) is 6.08 Å². The topological polar surface area (TPSA) is 35.5 Å². The lowest BCUT2D eigenvalue weighted by Crippen LogP contribution is -2.00. The molecule has 1 aliphatic heterocycles. The predicted octanol–water partition coefficient (Wildman–Crippen LogP) is 4.78. The SMILES string of the molecule is C=Cc1ccc(COc2ccc3c(c2)OC(=C(C)C)C3=O)cc1. The molecular weight excluding hydrogens is 288 g/mol. The quantitative estimate of drug-likeness (QED) is 0.763. The average Bonchev–Trinajstić information content (AvgIpc) is 2.90. The van der Waals surface area contributed by atoms with Crippen LogP contribution in [0.15, 0.2) is 60.4 Å². The van der Waals surface area contributed by atoms with Crippen molar-refractivity contribution in [3.63, 3.8) is 0 Å². The molecule has 0 saturated carbocycles. The molecule has 23 heavy (non-hydrogen) atoms. The van der Waals surface area contributed by atoms with Gasteiger partial charge in [0.05, 0.1) is 5.56 Å². The summed E-state index contributed by atoms with van der Waals surface area (Å²) in [5.41, 5.74) is 3.60. The van der Waals surface area contributed by atoms with Crippen LogP contribution >= 0.6 is 0 Å². The molecule has 3 heteroatoms. The van der Waals surface area contributed by atoms with Crippen molar-refractivity contribution in [2.45, 2.75) is 20.5 Å². The first kappa shape index (κ1) is 15.1. The molecule has 3 rings (SSSR count). The molecule has 0 saturated heterocycles. The van der Waals surface area contributed by atoms with Crippen molar-refractivity contribution < 1.29 is 14.3 Å². The lowest BCUT2D eigenvalue weighted by molar-refractivity contribution is 0.101. The molecule has 0 bridgehead atoms. The van der Waals surface area contributed by atoms with E-state index in [-0.39, 0.29) is 5.78 Å². The zero-order valence-corrected chi connectivity index (χ0v) is 13.3. The molecule has 1 aliphatic rings. The Morgan fingerprint density at radius 1 is 1.17 bits per heavy atom. The number of hydrogen-bond acceptors (Lipinski definition) is 3. The molecule has 0 atom stereocenters. The fourth-order valence-corrected chi connectivity index (χ4v) is 2.39. The van der Waals surface area contributed by atoms with Crippen LogP contribution in [0, 0.1) is 0 Å². The van der Waals surface area contributed by atoms with E-state index in [4.69, 9.17) is 9.47 Å². The van der Waals surface area contributed by atoms with Gasteiger partial charge in [0, 0.05) is 6.07 Å². The van der Waals surface area contributed by atoms with Gasteiger partial charge in [0.25, 0.3) is 0 Å². The lowest BCUT2D eigenvalue weighted by Gasteiger charge is -2.08. The van der Waals surface area contributed by atoms with E-state index in [1.54, 1.807) is 24.3 Å². The first-order valence-electron chi connectivity index (χ1n) is 7.47. The van der Waals surface area contributed by atoms with E-state index in [2.05, 4.69) is 6.58 Å². The summed E-state index contributed by atoms with van der Waals surface area (Å²) in [6.45, 7) is 7.92. The van der Waals surface area contributed by atoms with Crippen LogP contribution in [0.5, 0.6) is 11.5 Å². The second kappa shape index (κ2) is 6.13. The molecule has 0 aromatic heterocycles. The first-order valence-corrected chi connectivity index (χ1v) is 7.47. The Morgan fingerprint density at radius 3 is 2.57 bits per heavy atom. The van der Waals surface area contributed by atoms with Crippen LogP contribution in [-0.2, 0) is 6.61 Å². The fraction of sp³-hybridized carbons (Fsp3) is 0.150. The van der Waals surface area contributed by atoms with Crippen molar-refractivity contribution in [1.29, 1.82) is 0 Å². The monoisotopic (exact) mass is 306 g/mol. The van der Waals surface area contributed by atoms with Crippen molar-refractivity contribution in [2.24, 2.45) is 0 Å². The predicted molar refractivity (Wildman–Crippen MR) is 90.6 cm³/mol. The summed E-state index contributed by atoms with van der Waals surface area (Å²) in [7, 11) is 0. The first-order chi connectivity index (χ1) is 11.1. The number of carbonyl (C=O) groups is 1. The Balaban J connectivity index is 1.74. The summed E-state index contributed by atoms with van der Waals surface area (Å²) in [5.74, 6) is 1.59. The van der Waals surface area contributed by atoms with Gasteiger partial charge in [0.15, 0.2) is 5.76 Å². The summed E-state index contributed by atoms with van der Waals surface area (Å²) < 4.78 is 11.4. The maximum atomic E-state index is 12.2. The Kier molecular flexibility index (Phi) is 4.02. The van der Waals surface area contributed by atoms with Crippen LogP contribution in [0.1, 0.15) is 35.3 Å². The van der Waals surface area contributed by atoms with E-state index in [1.807, 2.05) is 38.1 Å². The highest BCUT2D eigenvalue weighted by Gasteiger charge is 2.28. The summed E-state index contributed by atoms with van der Waals surface area (Å²) in [6.07, 6.45) is 1.81. The number of benzene rings is 2. The van der Waals surface area contributed by atoms with Gasteiger partial charge in [0.2, 0.25) is 5.78 Å². The minimum absolute atomic E-state index is 0.0634. The summed E-state index contributed by atoms with van der Waals surface area (Å²) in [5, 5.41) is 0. The molecule has 0 unspecified atom stereocenters. The Labute approximate surface area is 135 Å². The molecule has 116 valence electrons. The highest BCUT2D eigenvalue weighted by atomic mass is 16.5. The van der Waals surface area contributed by atoms with Crippen molar-refractivity contribution >= 4 is 11.9 Å². The maximum absolute atomic E-state index is 12.2. The van der Waals surface area contributed by atoms with Gasteiger partial charge in [-0.1, -0.05) is 36.9 Å². The van der Waals surface area contributed by atoms with E-state index in [1.165, 1.54) is 0 Å². The largest absolute Gasteiger partial charge is 0.489 e. The van der Waals surface area contributed by atoms with Gasteiger partial charge in [-0.3, -0.25) is 4.79 Å². The molecule has 0 radical (unpaired) electrons. The van der Waals surface area contributed by atoms with Crippen LogP contribution in [-0.4, -0.2) is 5.78 Å². The Morgan fingerprint density at radius 2 is 1.91 bits per heavy atom. The van der Waals surface area contributed by atoms with Crippen LogP contribution in [0.2, 0.25) is 0 Å². The summed E-state index contributed by atoms with van der Waals surface area (Å²) in [4.78, 5) is 12.2.